The largest absolute Gasteiger partial charge is 0.435 e. The van der Waals surface area contributed by atoms with Gasteiger partial charge >= 0.3 is 12.4 Å². The molecule has 0 spiro atoms. The van der Waals surface area contributed by atoms with Crippen LogP contribution in [0.4, 0.5) is 46.8 Å². The molecule has 2 aliphatic rings. The van der Waals surface area contributed by atoms with Crippen molar-refractivity contribution in [2.24, 2.45) is 0 Å². The van der Waals surface area contributed by atoms with E-state index in [-0.39, 0.29) is 73.9 Å². The van der Waals surface area contributed by atoms with E-state index in [4.69, 9.17) is 0 Å². The lowest BCUT2D eigenvalue weighted by Crippen LogP contribution is -2.47. The van der Waals surface area contributed by atoms with Crippen molar-refractivity contribution in [3.05, 3.63) is 119 Å². The molecule has 2 N–H and O–H groups in total. The van der Waals surface area contributed by atoms with Gasteiger partial charge in [0, 0.05) is 39.3 Å². The van der Waals surface area contributed by atoms with Gasteiger partial charge in [-0.15, -0.1) is 10.2 Å². The van der Waals surface area contributed by atoms with Crippen molar-refractivity contribution in [2.45, 2.75) is 63.5 Å². The van der Waals surface area contributed by atoms with Crippen molar-refractivity contribution in [3.63, 3.8) is 0 Å². The highest BCUT2D eigenvalue weighted by atomic mass is 19.4. The normalized spacial score (nSPS) is 16.6. The second-order valence-corrected chi connectivity index (χ2v) is 14.4. The molecule has 2 aliphatic heterocycles. The first kappa shape index (κ1) is 44.5. The van der Waals surface area contributed by atoms with Gasteiger partial charge in [-0.3, -0.25) is 29.0 Å². The summed E-state index contributed by atoms with van der Waals surface area (Å²) >= 11 is 0. The van der Waals surface area contributed by atoms with E-state index >= 15 is 0 Å². The number of anilines is 2. The number of halogens is 8. The summed E-state index contributed by atoms with van der Waals surface area (Å²) in [7, 11) is 2.63. The third-order valence-corrected chi connectivity index (χ3v) is 9.91. The van der Waals surface area contributed by atoms with Crippen LogP contribution >= 0.6 is 0 Å². The first-order chi connectivity index (χ1) is 30.2. The van der Waals surface area contributed by atoms with Crippen molar-refractivity contribution in [3.8, 4) is 0 Å². The molecule has 336 valence electrons. The minimum absolute atomic E-state index is 0.00112. The van der Waals surface area contributed by atoms with Gasteiger partial charge in [-0.25, -0.2) is 37.5 Å². The summed E-state index contributed by atoms with van der Waals surface area (Å²) in [6.07, 6.45) is -6.53. The summed E-state index contributed by atoms with van der Waals surface area (Å²) < 4.78 is 109. The molecule has 0 saturated carbocycles. The summed E-state index contributed by atoms with van der Waals surface area (Å²) in [4.78, 5) is 60.4. The average Bonchev–Trinajstić information content (AvgIpc) is 4.07. The quantitative estimate of drug-likeness (QED) is 0.213. The zero-order valence-corrected chi connectivity index (χ0v) is 33.3. The van der Waals surface area contributed by atoms with Gasteiger partial charge in [0.25, 0.3) is 23.6 Å². The molecule has 0 aliphatic carbocycles. The zero-order valence-electron chi connectivity index (χ0n) is 33.3. The molecule has 0 unspecified atom stereocenters. The van der Waals surface area contributed by atoms with E-state index in [0.717, 1.165) is 42.4 Å². The Balaban J connectivity index is 0.000000191. The van der Waals surface area contributed by atoms with Gasteiger partial charge in [-0.2, -0.15) is 36.5 Å². The predicted octanol–water partition coefficient (Wildman–Crippen LogP) is 3.69. The van der Waals surface area contributed by atoms with Crippen molar-refractivity contribution < 1.29 is 54.3 Å². The lowest BCUT2D eigenvalue weighted by molar-refractivity contribution is -0.142. The highest BCUT2D eigenvalue weighted by molar-refractivity contribution is 6.01. The molecule has 18 nitrogen and oxygen atoms in total. The van der Waals surface area contributed by atoms with Gasteiger partial charge in [0.15, 0.2) is 11.4 Å². The minimum atomic E-state index is -4.63. The maximum atomic E-state index is 13.0. The molecule has 6 heterocycles. The topological polar surface area (TPSA) is 196 Å². The van der Waals surface area contributed by atoms with Crippen LogP contribution in [0.5, 0.6) is 0 Å². The van der Waals surface area contributed by atoms with E-state index in [1.165, 1.54) is 60.4 Å². The number of hydrogen-bond acceptors (Lipinski definition) is 10. The van der Waals surface area contributed by atoms with Crippen LogP contribution in [0.1, 0.15) is 56.6 Å². The molecule has 6 aromatic rings. The SMILES string of the molecule is CN1C(=O)[C@@H](NC(=O)c2ncn(Cc3ccc(F)cc3)n2)CCn2nc(C(F)(F)F)cc21.CN1C(=O)[C@H](NC(=O)c2ncn(Cc3ccc(F)cc3)n2)CCn2nc(C(F)(F)F)cc21. The monoisotopic (exact) mass is 902 g/mol. The first-order valence-electron chi connectivity index (χ1n) is 19.0. The van der Waals surface area contributed by atoms with E-state index in [0.29, 0.717) is 0 Å². The zero-order chi connectivity index (χ0) is 46.1. The number of fused-ring (bicyclic) bond motifs is 2. The average molecular weight is 903 g/mol. The van der Waals surface area contributed by atoms with Crippen molar-refractivity contribution in [1.29, 1.82) is 0 Å². The highest BCUT2D eigenvalue weighted by Crippen LogP contribution is 2.33. The number of nitrogens with one attached hydrogen (secondary N) is 2. The van der Waals surface area contributed by atoms with Gasteiger partial charge in [-0.1, -0.05) is 24.3 Å². The Morgan fingerprint density at radius 3 is 1.31 bits per heavy atom. The first-order valence-corrected chi connectivity index (χ1v) is 19.0. The predicted molar refractivity (Wildman–Crippen MR) is 204 cm³/mol. The molecular formula is C38H34F8N14O4. The third kappa shape index (κ3) is 10.0. The number of nitrogens with zero attached hydrogens (tertiary/aromatic N) is 12. The minimum Gasteiger partial charge on any atom is -0.337 e. The van der Waals surface area contributed by atoms with Gasteiger partial charge in [-0.05, 0) is 48.2 Å². The molecule has 4 aromatic heterocycles. The van der Waals surface area contributed by atoms with Gasteiger partial charge in [0.1, 0.15) is 48.0 Å². The van der Waals surface area contributed by atoms with Crippen molar-refractivity contribution >= 4 is 35.3 Å². The van der Waals surface area contributed by atoms with Crippen LogP contribution in [-0.2, 0) is 48.1 Å². The highest BCUT2D eigenvalue weighted by Gasteiger charge is 2.40. The standard InChI is InChI=1S/2C19H17F4N7O2/c2*1-28-15-8-14(19(21,22)23)26-30(15)7-6-13(18(28)32)25-17(31)16-24-10-29(27-16)9-11-2-4-12(20)5-3-11/h2*2-5,8,10,13H,6-7,9H2,1H3,(H,25,31)/t2*13-/m10/s1. The Bertz CT molecular complexity index is 2490. The van der Waals surface area contributed by atoms with Crippen LogP contribution in [0.15, 0.2) is 73.3 Å². The maximum Gasteiger partial charge on any atom is 0.435 e. The van der Waals surface area contributed by atoms with Crippen LogP contribution < -0.4 is 20.4 Å². The van der Waals surface area contributed by atoms with Crippen molar-refractivity contribution in [2.75, 3.05) is 23.9 Å². The number of hydrogen-bond donors (Lipinski definition) is 2. The Labute approximate surface area is 355 Å². The Morgan fingerprint density at radius 1 is 0.609 bits per heavy atom. The summed E-state index contributed by atoms with van der Waals surface area (Å²) in [5, 5.41) is 20.2. The maximum absolute atomic E-state index is 13.0. The summed E-state index contributed by atoms with van der Waals surface area (Å²) in [6.45, 7) is 0.514. The molecule has 0 radical (unpaired) electrons. The number of amides is 4. The molecule has 0 saturated heterocycles. The summed E-state index contributed by atoms with van der Waals surface area (Å²) in [5.74, 6) is -3.71. The Hall–Kier alpha value is -7.54. The van der Waals surface area contributed by atoms with Gasteiger partial charge in [0.2, 0.25) is 11.6 Å². The molecule has 8 rings (SSSR count). The smallest absolute Gasteiger partial charge is 0.337 e. The fraction of sp³-hybridized carbons (Fsp3) is 0.316. The van der Waals surface area contributed by atoms with E-state index in [9.17, 15) is 54.3 Å². The molecule has 2 atom stereocenters. The molecule has 0 bridgehead atoms. The number of carbonyl (C=O) groups is 4. The van der Waals surface area contributed by atoms with Crippen molar-refractivity contribution in [1.82, 2.24) is 59.7 Å². The van der Waals surface area contributed by atoms with Crippen LogP contribution in [0.3, 0.4) is 0 Å². The summed E-state index contributed by atoms with van der Waals surface area (Å²) in [5.41, 5.74) is -0.691. The second kappa shape index (κ2) is 17.7. The number of carbonyl (C=O) groups excluding carboxylic acids is 4. The van der Waals surface area contributed by atoms with E-state index in [1.807, 2.05) is 0 Å². The van der Waals surface area contributed by atoms with E-state index in [2.05, 4.69) is 41.0 Å². The fourth-order valence-corrected chi connectivity index (χ4v) is 6.62. The van der Waals surface area contributed by atoms with Gasteiger partial charge < -0.3 is 10.6 Å². The number of benzene rings is 2. The van der Waals surface area contributed by atoms with Crippen LogP contribution in [0, 0.1) is 11.6 Å². The molecule has 64 heavy (non-hydrogen) atoms. The fourth-order valence-electron chi connectivity index (χ4n) is 6.62. The second-order valence-electron chi connectivity index (χ2n) is 14.4. The number of aryl methyl sites for hydroxylation is 2. The van der Waals surface area contributed by atoms with Gasteiger partial charge in [0.05, 0.1) is 13.1 Å². The third-order valence-electron chi connectivity index (χ3n) is 9.91. The Morgan fingerprint density at radius 2 is 0.969 bits per heavy atom. The van der Waals surface area contributed by atoms with E-state index < -0.39 is 59.5 Å². The molecule has 0 fully saturated rings. The lowest BCUT2D eigenvalue weighted by atomic mass is 10.2. The molecule has 2 aromatic carbocycles. The number of rotatable bonds is 8. The number of aromatic nitrogens is 10. The summed E-state index contributed by atoms with van der Waals surface area (Å²) in [6, 6.07) is 11.1. The lowest BCUT2D eigenvalue weighted by Gasteiger charge is -2.19. The number of alkyl halides is 6. The molecule has 26 heteroatoms. The van der Waals surface area contributed by atoms with Crippen LogP contribution in [0.25, 0.3) is 0 Å². The van der Waals surface area contributed by atoms with E-state index in [1.54, 1.807) is 24.3 Å². The molecule has 4 amide bonds. The number of likely N-dealkylation sites (N-methyl/N-ethyl adjacent to an activating group) is 2. The molecular weight excluding hydrogens is 868 g/mol. The van der Waals surface area contributed by atoms with Crippen LogP contribution in [-0.4, -0.2) is 98.9 Å². The van der Waals surface area contributed by atoms with Crippen LogP contribution in [0.2, 0.25) is 0 Å². The Kier molecular flexibility index (Phi) is 12.3.